The lowest BCUT2D eigenvalue weighted by atomic mass is 9.64. The molecule has 5 heteroatoms. The van der Waals surface area contributed by atoms with Gasteiger partial charge in [-0.25, -0.2) is 0 Å². The zero-order valence-corrected chi connectivity index (χ0v) is 15.2. The molecule has 1 saturated carbocycles. The number of ether oxygens (including phenoxy) is 1. The summed E-state index contributed by atoms with van der Waals surface area (Å²) in [4.78, 5) is 4.83. The van der Waals surface area contributed by atoms with Gasteiger partial charge in [-0.3, -0.25) is 4.99 Å². The highest BCUT2D eigenvalue weighted by molar-refractivity contribution is 5.79. The van der Waals surface area contributed by atoms with Crippen molar-refractivity contribution in [3.63, 3.8) is 0 Å². The van der Waals surface area contributed by atoms with Gasteiger partial charge in [0.15, 0.2) is 5.96 Å². The summed E-state index contributed by atoms with van der Waals surface area (Å²) in [7, 11) is 0. The van der Waals surface area contributed by atoms with Crippen LogP contribution in [0.4, 0.5) is 0 Å². The van der Waals surface area contributed by atoms with E-state index in [0.717, 1.165) is 25.0 Å². The molecule has 0 spiro atoms. The van der Waals surface area contributed by atoms with E-state index in [1.807, 2.05) is 0 Å². The molecule has 2 fully saturated rings. The topological polar surface area (TPSA) is 65.9 Å². The predicted octanol–water partition coefficient (Wildman–Crippen LogP) is 2.30. The number of rotatable bonds is 7. The minimum atomic E-state index is -0.666. The molecule has 0 aromatic rings. The van der Waals surface area contributed by atoms with Gasteiger partial charge in [0.2, 0.25) is 0 Å². The van der Waals surface area contributed by atoms with E-state index in [-0.39, 0.29) is 0 Å². The molecule has 0 unspecified atom stereocenters. The molecule has 1 saturated heterocycles. The third-order valence-corrected chi connectivity index (χ3v) is 5.18. The van der Waals surface area contributed by atoms with Crippen molar-refractivity contribution in [2.75, 3.05) is 32.8 Å². The van der Waals surface area contributed by atoms with Gasteiger partial charge < -0.3 is 20.5 Å². The van der Waals surface area contributed by atoms with Gasteiger partial charge in [0.25, 0.3) is 0 Å². The molecule has 0 amide bonds. The summed E-state index contributed by atoms with van der Waals surface area (Å²) in [6.07, 6.45) is 6.58. The normalized spacial score (nSPS) is 23.4. The van der Waals surface area contributed by atoms with E-state index in [1.165, 1.54) is 25.7 Å². The van der Waals surface area contributed by atoms with Crippen LogP contribution in [0, 0.1) is 11.3 Å². The first-order valence-electron chi connectivity index (χ1n) is 9.29. The predicted molar refractivity (Wildman–Crippen MR) is 94.7 cm³/mol. The lowest BCUT2D eigenvalue weighted by Crippen LogP contribution is -2.50. The van der Waals surface area contributed by atoms with Crippen molar-refractivity contribution in [2.24, 2.45) is 16.3 Å². The average molecular weight is 325 g/mol. The fourth-order valence-electron chi connectivity index (χ4n) is 3.73. The molecular formula is C18H35N3O2. The van der Waals surface area contributed by atoms with Gasteiger partial charge in [0.05, 0.1) is 5.60 Å². The molecule has 2 rings (SSSR count). The van der Waals surface area contributed by atoms with Crippen LogP contribution >= 0.6 is 0 Å². The van der Waals surface area contributed by atoms with Crippen LogP contribution in [0.15, 0.2) is 4.99 Å². The van der Waals surface area contributed by atoms with E-state index < -0.39 is 5.60 Å². The lowest BCUT2D eigenvalue weighted by Gasteiger charge is -2.42. The van der Waals surface area contributed by atoms with Crippen molar-refractivity contribution in [1.82, 2.24) is 10.6 Å². The number of nitrogens with one attached hydrogen (secondary N) is 2. The van der Waals surface area contributed by atoms with Crippen LogP contribution in [-0.4, -0.2) is 49.5 Å². The summed E-state index contributed by atoms with van der Waals surface area (Å²) in [5.41, 5.74) is -0.257. The van der Waals surface area contributed by atoms with Gasteiger partial charge in [0, 0.05) is 45.7 Å². The molecule has 1 aliphatic carbocycles. The molecule has 0 aromatic heterocycles. The molecule has 3 N–H and O–H groups in total. The highest BCUT2D eigenvalue weighted by Gasteiger charge is 2.37. The number of aliphatic hydroxyl groups is 1. The highest BCUT2D eigenvalue weighted by atomic mass is 16.5. The standard InChI is InChI=1S/C18H35N3O2/c1-4-19-16(21-14-18(22)8-10-23-11-9-18)20-13-17(6-5-7-17)12-15(2)3/h15,22H,4-14H2,1-3H3,(H2,19,20,21). The van der Waals surface area contributed by atoms with E-state index >= 15 is 0 Å². The third kappa shape index (κ3) is 5.64. The highest BCUT2D eigenvalue weighted by Crippen LogP contribution is 2.46. The van der Waals surface area contributed by atoms with Crippen LogP contribution in [0.5, 0.6) is 0 Å². The summed E-state index contributed by atoms with van der Waals surface area (Å²) in [5.74, 6) is 1.56. The zero-order valence-electron chi connectivity index (χ0n) is 15.2. The Hall–Kier alpha value is -0.810. The molecule has 0 radical (unpaired) electrons. The van der Waals surface area contributed by atoms with Crippen molar-refractivity contribution in [3.8, 4) is 0 Å². The van der Waals surface area contributed by atoms with Crippen molar-refractivity contribution in [1.29, 1.82) is 0 Å². The summed E-state index contributed by atoms with van der Waals surface area (Å²) in [6.45, 7) is 10.2. The summed E-state index contributed by atoms with van der Waals surface area (Å²) in [5, 5.41) is 17.2. The molecule has 5 nitrogen and oxygen atoms in total. The smallest absolute Gasteiger partial charge is 0.191 e. The Morgan fingerprint density at radius 3 is 2.39 bits per heavy atom. The monoisotopic (exact) mass is 325 g/mol. The van der Waals surface area contributed by atoms with Gasteiger partial charge in [0.1, 0.15) is 0 Å². The maximum Gasteiger partial charge on any atom is 0.191 e. The number of aliphatic imine (C=N–C) groups is 1. The minimum Gasteiger partial charge on any atom is -0.388 e. The van der Waals surface area contributed by atoms with Crippen molar-refractivity contribution >= 4 is 5.96 Å². The number of guanidine groups is 1. The second-order valence-electron chi connectivity index (χ2n) is 7.84. The third-order valence-electron chi connectivity index (χ3n) is 5.18. The van der Waals surface area contributed by atoms with Crippen molar-refractivity contribution in [3.05, 3.63) is 0 Å². The molecule has 0 atom stereocenters. The van der Waals surface area contributed by atoms with Crippen molar-refractivity contribution < 1.29 is 9.84 Å². The van der Waals surface area contributed by atoms with Crippen molar-refractivity contribution in [2.45, 2.75) is 64.9 Å². The first kappa shape index (κ1) is 18.5. The molecule has 0 aromatic carbocycles. The molecular weight excluding hydrogens is 290 g/mol. The van der Waals surface area contributed by atoms with Gasteiger partial charge in [-0.15, -0.1) is 0 Å². The van der Waals surface area contributed by atoms with Crippen LogP contribution < -0.4 is 10.6 Å². The zero-order chi connectivity index (χ0) is 16.8. The summed E-state index contributed by atoms with van der Waals surface area (Å²) < 4.78 is 5.34. The fourth-order valence-corrected chi connectivity index (χ4v) is 3.73. The number of hydrogen-bond acceptors (Lipinski definition) is 3. The Balaban J connectivity index is 1.89. The molecule has 1 aliphatic heterocycles. The van der Waals surface area contributed by atoms with E-state index in [1.54, 1.807) is 0 Å². The second kappa shape index (κ2) is 8.34. The van der Waals surface area contributed by atoms with Gasteiger partial charge in [-0.1, -0.05) is 20.3 Å². The molecule has 2 aliphatic rings. The van der Waals surface area contributed by atoms with E-state index in [4.69, 9.17) is 9.73 Å². The van der Waals surface area contributed by atoms with Gasteiger partial charge in [-0.2, -0.15) is 0 Å². The van der Waals surface area contributed by atoms with Crippen LogP contribution in [-0.2, 0) is 4.74 Å². The van der Waals surface area contributed by atoms with Crippen LogP contribution in [0.2, 0.25) is 0 Å². The number of nitrogens with zero attached hydrogens (tertiary/aromatic N) is 1. The maximum absolute atomic E-state index is 10.6. The van der Waals surface area contributed by atoms with Crippen LogP contribution in [0.1, 0.15) is 59.3 Å². The Morgan fingerprint density at radius 1 is 1.17 bits per heavy atom. The molecule has 134 valence electrons. The largest absolute Gasteiger partial charge is 0.388 e. The first-order valence-corrected chi connectivity index (χ1v) is 9.29. The summed E-state index contributed by atoms with van der Waals surface area (Å²) >= 11 is 0. The average Bonchev–Trinajstić information content (AvgIpc) is 2.47. The summed E-state index contributed by atoms with van der Waals surface area (Å²) in [6, 6.07) is 0. The molecule has 23 heavy (non-hydrogen) atoms. The fraction of sp³-hybridized carbons (Fsp3) is 0.944. The van der Waals surface area contributed by atoms with Crippen LogP contribution in [0.25, 0.3) is 0 Å². The number of hydrogen-bond donors (Lipinski definition) is 3. The van der Waals surface area contributed by atoms with E-state index in [9.17, 15) is 5.11 Å². The Morgan fingerprint density at radius 2 is 1.87 bits per heavy atom. The SMILES string of the molecule is CCNC(=NCC1(CC(C)C)CCC1)NCC1(O)CCOCC1. The Labute approximate surface area is 141 Å². The minimum absolute atomic E-state index is 0.409. The Kier molecular flexibility index (Phi) is 6.72. The molecule has 0 bridgehead atoms. The van der Waals surface area contributed by atoms with Gasteiger partial charge >= 0.3 is 0 Å². The Bertz CT molecular complexity index is 386. The lowest BCUT2D eigenvalue weighted by molar-refractivity contribution is -0.0594. The quantitative estimate of drug-likeness (QED) is 0.496. The second-order valence-corrected chi connectivity index (χ2v) is 7.84. The van der Waals surface area contributed by atoms with E-state index in [0.29, 0.717) is 38.0 Å². The maximum atomic E-state index is 10.6. The van der Waals surface area contributed by atoms with Gasteiger partial charge in [-0.05, 0) is 37.5 Å². The van der Waals surface area contributed by atoms with Crippen LogP contribution in [0.3, 0.4) is 0 Å². The van der Waals surface area contributed by atoms with E-state index in [2.05, 4.69) is 31.4 Å². The first-order chi connectivity index (χ1) is 11.0. The molecule has 1 heterocycles.